The van der Waals surface area contributed by atoms with Crippen molar-refractivity contribution in [2.24, 2.45) is 11.3 Å². The zero-order valence-electron chi connectivity index (χ0n) is 24.9. The monoisotopic (exact) mass is 646 g/mol. The number of phenolic OH excluding ortho intramolecular Hbond substituents is 1. The van der Waals surface area contributed by atoms with Gasteiger partial charge in [0.1, 0.15) is 5.82 Å². The van der Waals surface area contributed by atoms with Crippen molar-refractivity contribution in [1.82, 2.24) is 13.9 Å². The fourth-order valence-corrected chi connectivity index (χ4v) is 7.58. The quantitative estimate of drug-likeness (QED) is 0.255. The molecule has 7 rings (SSSR count). The minimum Gasteiger partial charge on any atom is -0.502 e. The molecule has 4 atom stereocenters. The zero-order valence-corrected chi connectivity index (χ0v) is 25.7. The SMILES string of the molecule is COc1cc([C@H]2C3=CCn4c(=O)n(-c5ccccc5)c(=O)n4[C@@H]3C[C@H]3C(=O)N(c4ccc(F)c(Cl)c4)C(=O)[C@@]23C)cc(OC)c1O. The molecule has 3 heterocycles. The summed E-state index contributed by atoms with van der Waals surface area (Å²) in [5, 5.41) is 10.5. The molecule has 13 heteroatoms. The maximum Gasteiger partial charge on any atom is 0.352 e. The molecular weight excluding hydrogens is 619 g/mol. The van der Waals surface area contributed by atoms with Crippen LogP contribution >= 0.6 is 11.6 Å². The Hall–Kier alpha value is -5.10. The summed E-state index contributed by atoms with van der Waals surface area (Å²) in [5.74, 6) is -3.70. The number of allylic oxidation sites excluding steroid dienone is 2. The van der Waals surface area contributed by atoms with Gasteiger partial charge in [-0.25, -0.2) is 32.8 Å². The van der Waals surface area contributed by atoms with E-state index in [9.17, 15) is 28.7 Å². The van der Waals surface area contributed by atoms with E-state index in [1.807, 2.05) is 6.08 Å². The summed E-state index contributed by atoms with van der Waals surface area (Å²) in [4.78, 5) is 57.5. The van der Waals surface area contributed by atoms with E-state index in [0.29, 0.717) is 16.8 Å². The van der Waals surface area contributed by atoms with Crippen molar-refractivity contribution in [3.63, 3.8) is 0 Å². The van der Waals surface area contributed by atoms with Crippen LogP contribution in [0, 0.1) is 17.2 Å². The number of carbonyl (C=O) groups excluding carboxylic acids is 2. The molecule has 0 bridgehead atoms. The molecule has 1 N–H and O–H groups in total. The van der Waals surface area contributed by atoms with Gasteiger partial charge in [0.2, 0.25) is 17.6 Å². The summed E-state index contributed by atoms with van der Waals surface area (Å²) in [6, 6.07) is 14.5. The van der Waals surface area contributed by atoms with Gasteiger partial charge in [-0.2, -0.15) is 0 Å². The van der Waals surface area contributed by atoms with Crippen LogP contribution < -0.4 is 25.8 Å². The second-order valence-corrected chi connectivity index (χ2v) is 12.1. The maximum absolute atomic E-state index is 14.6. The van der Waals surface area contributed by atoms with Crippen LogP contribution in [0.25, 0.3) is 5.69 Å². The van der Waals surface area contributed by atoms with Gasteiger partial charge < -0.3 is 14.6 Å². The first-order valence-electron chi connectivity index (χ1n) is 14.5. The summed E-state index contributed by atoms with van der Waals surface area (Å²) in [5.41, 5.74) is -0.915. The van der Waals surface area contributed by atoms with Gasteiger partial charge in [-0.1, -0.05) is 35.9 Å². The molecule has 1 aliphatic carbocycles. The first-order chi connectivity index (χ1) is 22.0. The number of imide groups is 1. The van der Waals surface area contributed by atoms with Gasteiger partial charge in [-0.05, 0) is 66.9 Å². The molecule has 2 fully saturated rings. The molecular formula is C33H28ClFN4O7. The van der Waals surface area contributed by atoms with E-state index in [-0.39, 0.29) is 40.9 Å². The summed E-state index contributed by atoms with van der Waals surface area (Å²) in [6.07, 6.45) is 1.84. The van der Waals surface area contributed by atoms with Crippen molar-refractivity contribution in [3.05, 3.63) is 110 Å². The Labute approximate surface area is 266 Å². The van der Waals surface area contributed by atoms with Crippen molar-refractivity contribution in [2.45, 2.75) is 31.8 Å². The number of aromatic hydroxyl groups is 1. The molecule has 236 valence electrons. The van der Waals surface area contributed by atoms with Gasteiger partial charge in [-0.3, -0.25) is 9.59 Å². The Morgan fingerprint density at radius 3 is 2.24 bits per heavy atom. The second-order valence-electron chi connectivity index (χ2n) is 11.7. The number of phenols is 1. The Morgan fingerprint density at radius 2 is 1.61 bits per heavy atom. The van der Waals surface area contributed by atoms with Gasteiger partial charge in [0.15, 0.2) is 11.5 Å². The third-order valence-electron chi connectivity index (χ3n) is 9.55. The molecule has 1 saturated heterocycles. The van der Waals surface area contributed by atoms with Crippen molar-refractivity contribution in [1.29, 1.82) is 0 Å². The number of para-hydroxylation sites is 1. The Kier molecular flexibility index (Phi) is 6.74. The van der Waals surface area contributed by atoms with Crippen LogP contribution in [0.4, 0.5) is 10.1 Å². The molecule has 4 aromatic rings. The summed E-state index contributed by atoms with van der Waals surface area (Å²) >= 11 is 6.06. The third-order valence-corrected chi connectivity index (χ3v) is 9.84. The van der Waals surface area contributed by atoms with Crippen molar-refractivity contribution >= 4 is 29.1 Å². The fourth-order valence-electron chi connectivity index (χ4n) is 7.41. The van der Waals surface area contributed by atoms with E-state index in [1.54, 1.807) is 49.4 Å². The lowest BCUT2D eigenvalue weighted by atomic mass is 9.56. The Morgan fingerprint density at radius 1 is 0.935 bits per heavy atom. The highest BCUT2D eigenvalue weighted by Gasteiger charge is 2.65. The number of nitrogens with zero attached hydrogens (tertiary/aromatic N) is 4. The lowest BCUT2D eigenvalue weighted by Gasteiger charge is -2.47. The van der Waals surface area contributed by atoms with Crippen LogP contribution in [0.15, 0.2) is 81.9 Å². The predicted molar refractivity (Wildman–Crippen MR) is 165 cm³/mol. The van der Waals surface area contributed by atoms with Crippen LogP contribution in [0.1, 0.15) is 30.9 Å². The first kappa shape index (κ1) is 29.6. The first-order valence-corrected chi connectivity index (χ1v) is 14.9. The smallest absolute Gasteiger partial charge is 0.352 e. The van der Waals surface area contributed by atoms with E-state index in [1.165, 1.54) is 35.7 Å². The number of ether oxygens (including phenoxy) is 2. The molecule has 11 nitrogen and oxygen atoms in total. The lowest BCUT2D eigenvalue weighted by molar-refractivity contribution is -0.129. The van der Waals surface area contributed by atoms with Crippen molar-refractivity contribution in [3.8, 4) is 22.9 Å². The van der Waals surface area contributed by atoms with Crippen molar-refractivity contribution in [2.75, 3.05) is 19.1 Å². The highest BCUT2D eigenvalue weighted by Crippen LogP contribution is 2.62. The predicted octanol–water partition coefficient (Wildman–Crippen LogP) is 4.18. The molecule has 0 spiro atoms. The molecule has 46 heavy (non-hydrogen) atoms. The number of carbonyl (C=O) groups is 2. The van der Waals surface area contributed by atoms with Crippen LogP contribution in [-0.2, 0) is 16.1 Å². The van der Waals surface area contributed by atoms with Crippen LogP contribution in [0.5, 0.6) is 17.2 Å². The topological polar surface area (TPSA) is 125 Å². The number of hydrogen-bond acceptors (Lipinski definition) is 7. The summed E-state index contributed by atoms with van der Waals surface area (Å²) in [6.45, 7) is 1.72. The molecule has 3 aromatic carbocycles. The standard InChI is InChI=1S/C33H28ClFN4O7/c1-33-21(29(41)37(30(33)42)19-9-10-23(35)22(34)15-19)16-24-20(27(33)17-13-25(45-2)28(40)26(14-17)46-3)11-12-36-31(43)38(32(44)39(24)36)18-7-5-4-6-8-18/h4-11,13-15,21,24,27,40H,12,16H2,1-3H3/t21-,24+,27-,33+/m0/s1. The Bertz CT molecular complexity index is 2080. The van der Waals surface area contributed by atoms with Gasteiger partial charge >= 0.3 is 11.4 Å². The maximum atomic E-state index is 14.6. The molecule has 0 unspecified atom stereocenters. The van der Waals surface area contributed by atoms with E-state index < -0.39 is 52.3 Å². The van der Waals surface area contributed by atoms with Crippen LogP contribution in [0.2, 0.25) is 5.02 Å². The minimum absolute atomic E-state index is 0.0271. The molecule has 2 aliphatic heterocycles. The molecule has 3 aliphatic rings. The summed E-state index contributed by atoms with van der Waals surface area (Å²) in [7, 11) is 2.75. The van der Waals surface area contributed by atoms with Gasteiger partial charge in [0, 0.05) is 5.92 Å². The van der Waals surface area contributed by atoms with Gasteiger partial charge in [-0.15, -0.1) is 0 Å². The average Bonchev–Trinajstić information content (AvgIpc) is 3.42. The lowest BCUT2D eigenvalue weighted by Crippen LogP contribution is -2.49. The van der Waals surface area contributed by atoms with E-state index in [4.69, 9.17) is 21.1 Å². The van der Waals surface area contributed by atoms with Crippen LogP contribution in [0.3, 0.4) is 0 Å². The molecule has 1 aromatic heterocycles. The number of benzene rings is 3. The Balaban J connectivity index is 1.47. The van der Waals surface area contributed by atoms with Gasteiger partial charge in [0.05, 0.1) is 54.5 Å². The normalized spacial score (nSPS) is 23.5. The number of aromatic nitrogens is 3. The van der Waals surface area contributed by atoms with Crippen LogP contribution in [-0.4, -0.2) is 45.1 Å². The molecule has 0 radical (unpaired) electrons. The van der Waals surface area contributed by atoms with E-state index in [0.717, 1.165) is 15.5 Å². The number of hydrogen-bond donors (Lipinski definition) is 1. The van der Waals surface area contributed by atoms with E-state index >= 15 is 0 Å². The highest BCUT2D eigenvalue weighted by molar-refractivity contribution is 6.31. The number of amides is 2. The number of methoxy groups -OCH3 is 2. The molecule has 2 amide bonds. The minimum atomic E-state index is -1.42. The zero-order chi connectivity index (χ0) is 32.7. The number of anilines is 1. The second kappa shape index (κ2) is 10.5. The molecule has 1 saturated carbocycles. The number of fused-ring (bicyclic) bond motifs is 4. The fraction of sp³-hybridized carbons (Fsp3) is 0.273. The largest absolute Gasteiger partial charge is 0.502 e. The summed E-state index contributed by atoms with van der Waals surface area (Å²) < 4.78 is 28.8. The van der Waals surface area contributed by atoms with Crippen molar-refractivity contribution < 1.29 is 28.6 Å². The number of halogens is 2. The number of rotatable bonds is 5. The van der Waals surface area contributed by atoms with Gasteiger partial charge in [0.25, 0.3) is 0 Å². The highest BCUT2D eigenvalue weighted by atomic mass is 35.5. The van der Waals surface area contributed by atoms with E-state index in [2.05, 4.69) is 0 Å². The third kappa shape index (κ3) is 3.95. The average molecular weight is 647 g/mol.